The highest BCUT2D eigenvalue weighted by Gasteiger charge is 2.14. The zero-order valence-corrected chi connectivity index (χ0v) is 18.0. The van der Waals surface area contributed by atoms with E-state index in [-0.39, 0.29) is 0 Å². The summed E-state index contributed by atoms with van der Waals surface area (Å²) in [7, 11) is 2.17. The van der Waals surface area contributed by atoms with E-state index in [2.05, 4.69) is 57.5 Å². The number of hydrogen-bond donors (Lipinski definition) is 1. The van der Waals surface area contributed by atoms with Crippen LogP contribution in [0.2, 0.25) is 0 Å². The number of nitrogens with one attached hydrogen (secondary N) is 1. The van der Waals surface area contributed by atoms with Crippen LogP contribution in [0.5, 0.6) is 0 Å². The van der Waals surface area contributed by atoms with Crippen molar-refractivity contribution in [2.24, 2.45) is 0 Å². The zero-order chi connectivity index (χ0) is 21.9. The SMILES string of the molecule is CN1CCN(c2ccc(Nc3ncc4cccc(-c5ccc(C#N)cc5)c4n3)cc2)CC1. The van der Waals surface area contributed by atoms with Crippen molar-refractivity contribution in [2.75, 3.05) is 43.4 Å². The fourth-order valence-electron chi connectivity index (χ4n) is 4.02. The van der Waals surface area contributed by atoms with Gasteiger partial charge in [0, 0.05) is 54.7 Å². The van der Waals surface area contributed by atoms with E-state index < -0.39 is 0 Å². The first kappa shape index (κ1) is 20.0. The minimum Gasteiger partial charge on any atom is -0.369 e. The summed E-state index contributed by atoms with van der Waals surface area (Å²) in [4.78, 5) is 14.1. The van der Waals surface area contributed by atoms with Gasteiger partial charge in [0.1, 0.15) is 0 Å². The average molecular weight is 421 g/mol. The lowest BCUT2D eigenvalue weighted by molar-refractivity contribution is 0.313. The van der Waals surface area contributed by atoms with E-state index in [9.17, 15) is 0 Å². The third-order valence-electron chi connectivity index (χ3n) is 5.93. The van der Waals surface area contributed by atoms with E-state index in [4.69, 9.17) is 10.2 Å². The van der Waals surface area contributed by atoms with Gasteiger partial charge in [-0.1, -0.05) is 30.3 Å². The number of likely N-dealkylation sites (N-methyl/N-ethyl adjacent to an activating group) is 1. The van der Waals surface area contributed by atoms with E-state index in [1.165, 1.54) is 5.69 Å². The largest absolute Gasteiger partial charge is 0.369 e. The molecule has 3 aromatic carbocycles. The zero-order valence-electron chi connectivity index (χ0n) is 18.0. The molecule has 6 heteroatoms. The predicted octanol–water partition coefficient (Wildman–Crippen LogP) is 4.66. The van der Waals surface area contributed by atoms with Crippen molar-refractivity contribution < 1.29 is 0 Å². The Morgan fingerprint density at radius 2 is 1.66 bits per heavy atom. The molecule has 158 valence electrons. The van der Waals surface area contributed by atoms with Crippen molar-refractivity contribution in [1.29, 1.82) is 5.26 Å². The van der Waals surface area contributed by atoms with Crippen molar-refractivity contribution in [3.05, 3.63) is 78.5 Å². The van der Waals surface area contributed by atoms with Gasteiger partial charge in [0.05, 0.1) is 17.1 Å². The molecule has 1 aliphatic heterocycles. The van der Waals surface area contributed by atoms with E-state index in [0.29, 0.717) is 11.5 Å². The molecule has 0 unspecified atom stereocenters. The highest BCUT2D eigenvalue weighted by molar-refractivity contribution is 5.94. The van der Waals surface area contributed by atoms with Crippen molar-refractivity contribution >= 4 is 28.2 Å². The van der Waals surface area contributed by atoms with E-state index >= 15 is 0 Å². The molecule has 1 saturated heterocycles. The predicted molar refractivity (Wildman–Crippen MR) is 129 cm³/mol. The quantitative estimate of drug-likeness (QED) is 0.518. The molecule has 1 fully saturated rings. The molecule has 0 saturated carbocycles. The average Bonchev–Trinajstić information content (AvgIpc) is 2.85. The fraction of sp³-hybridized carbons (Fsp3) is 0.192. The van der Waals surface area contributed by atoms with Gasteiger partial charge >= 0.3 is 0 Å². The van der Waals surface area contributed by atoms with Crippen molar-refractivity contribution in [3.63, 3.8) is 0 Å². The molecule has 6 nitrogen and oxygen atoms in total. The number of nitriles is 1. The molecule has 32 heavy (non-hydrogen) atoms. The molecule has 0 amide bonds. The minimum atomic E-state index is 0.561. The number of aromatic nitrogens is 2. The van der Waals surface area contributed by atoms with Gasteiger partial charge in [0.15, 0.2) is 0 Å². The number of para-hydroxylation sites is 1. The Morgan fingerprint density at radius 3 is 2.38 bits per heavy atom. The van der Waals surface area contributed by atoms with E-state index in [0.717, 1.165) is 53.9 Å². The first-order valence-electron chi connectivity index (χ1n) is 10.8. The summed E-state index contributed by atoms with van der Waals surface area (Å²) in [5.41, 5.74) is 5.76. The maximum absolute atomic E-state index is 9.07. The Morgan fingerprint density at radius 1 is 0.906 bits per heavy atom. The molecule has 5 rings (SSSR count). The number of hydrogen-bond acceptors (Lipinski definition) is 6. The molecular weight excluding hydrogens is 396 g/mol. The molecular formula is C26H24N6. The summed E-state index contributed by atoms with van der Waals surface area (Å²) < 4.78 is 0. The molecule has 1 aliphatic rings. The Bertz CT molecular complexity index is 1270. The van der Waals surface area contributed by atoms with Crippen molar-refractivity contribution in [1.82, 2.24) is 14.9 Å². The molecule has 0 bridgehead atoms. The molecule has 0 radical (unpaired) electrons. The number of nitrogens with zero attached hydrogens (tertiary/aromatic N) is 5. The third-order valence-corrected chi connectivity index (χ3v) is 5.93. The van der Waals surface area contributed by atoms with Gasteiger partial charge in [-0.05, 0) is 49.0 Å². The summed E-state index contributed by atoms with van der Waals surface area (Å²) in [5.74, 6) is 0.561. The summed E-state index contributed by atoms with van der Waals surface area (Å²) in [6, 6.07) is 24.3. The van der Waals surface area contributed by atoms with Crippen LogP contribution in [0.4, 0.5) is 17.3 Å². The summed E-state index contributed by atoms with van der Waals surface area (Å²) in [6.07, 6.45) is 1.84. The number of piperazine rings is 1. The standard InChI is InChI=1S/C26H24N6/c1-31-13-15-32(16-14-31)23-11-9-22(10-12-23)29-26-28-18-21-3-2-4-24(25(21)30-26)20-7-5-19(17-27)6-8-20/h2-12,18H,13-16H2,1H3,(H,28,29,30). The van der Waals surface area contributed by atoms with Crippen molar-refractivity contribution in [3.8, 4) is 17.2 Å². The Hall–Kier alpha value is -3.95. The minimum absolute atomic E-state index is 0.561. The second-order valence-corrected chi connectivity index (χ2v) is 8.09. The lowest BCUT2D eigenvalue weighted by atomic mass is 10.0. The molecule has 1 N–H and O–H groups in total. The Kier molecular flexibility index (Phi) is 5.40. The normalized spacial score (nSPS) is 14.3. The van der Waals surface area contributed by atoms with Crippen molar-refractivity contribution in [2.45, 2.75) is 0 Å². The van der Waals surface area contributed by atoms with Gasteiger partial charge in [-0.3, -0.25) is 0 Å². The van der Waals surface area contributed by atoms with Crippen LogP contribution in [0.15, 0.2) is 72.9 Å². The molecule has 2 heterocycles. The van der Waals surface area contributed by atoms with Crippen LogP contribution in [0.1, 0.15) is 5.56 Å². The van der Waals surface area contributed by atoms with Gasteiger partial charge in [0.25, 0.3) is 0 Å². The molecule has 1 aromatic heterocycles. The number of benzene rings is 3. The summed E-state index contributed by atoms with van der Waals surface area (Å²) in [6.45, 7) is 4.28. The van der Waals surface area contributed by atoms with Gasteiger partial charge in [-0.2, -0.15) is 5.26 Å². The smallest absolute Gasteiger partial charge is 0.227 e. The van der Waals surface area contributed by atoms with Crippen LogP contribution in [-0.2, 0) is 0 Å². The molecule has 0 spiro atoms. The Labute approximate surface area is 187 Å². The lowest BCUT2D eigenvalue weighted by Gasteiger charge is -2.34. The number of fused-ring (bicyclic) bond motifs is 1. The van der Waals surface area contributed by atoms with Gasteiger partial charge in [0.2, 0.25) is 5.95 Å². The van der Waals surface area contributed by atoms with Crippen LogP contribution < -0.4 is 10.2 Å². The van der Waals surface area contributed by atoms with Crippen LogP contribution in [0.3, 0.4) is 0 Å². The third kappa shape index (κ3) is 4.11. The van der Waals surface area contributed by atoms with Gasteiger partial charge in [-0.25, -0.2) is 9.97 Å². The summed E-state index contributed by atoms with van der Waals surface area (Å²) in [5, 5.41) is 13.4. The molecule has 0 aliphatic carbocycles. The lowest BCUT2D eigenvalue weighted by Crippen LogP contribution is -2.44. The fourth-order valence-corrected chi connectivity index (χ4v) is 4.02. The first-order valence-corrected chi connectivity index (χ1v) is 10.8. The topological polar surface area (TPSA) is 68.1 Å². The van der Waals surface area contributed by atoms with E-state index in [1.54, 1.807) is 0 Å². The molecule has 0 atom stereocenters. The maximum Gasteiger partial charge on any atom is 0.227 e. The number of anilines is 3. The highest BCUT2D eigenvalue weighted by Crippen LogP contribution is 2.28. The second kappa shape index (κ2) is 8.66. The number of rotatable bonds is 4. The van der Waals surface area contributed by atoms with Gasteiger partial charge in [-0.15, -0.1) is 0 Å². The van der Waals surface area contributed by atoms with Crippen LogP contribution in [0, 0.1) is 11.3 Å². The monoisotopic (exact) mass is 420 g/mol. The first-order chi connectivity index (χ1) is 15.7. The Balaban J connectivity index is 1.39. The maximum atomic E-state index is 9.07. The van der Waals surface area contributed by atoms with Crippen LogP contribution in [-0.4, -0.2) is 48.1 Å². The van der Waals surface area contributed by atoms with E-state index in [1.807, 2.05) is 48.7 Å². The van der Waals surface area contributed by atoms with Gasteiger partial charge < -0.3 is 15.1 Å². The second-order valence-electron chi connectivity index (χ2n) is 8.09. The van der Waals surface area contributed by atoms with Crippen LogP contribution >= 0.6 is 0 Å². The van der Waals surface area contributed by atoms with Crippen LogP contribution in [0.25, 0.3) is 22.0 Å². The highest BCUT2D eigenvalue weighted by atomic mass is 15.2. The molecule has 4 aromatic rings. The summed E-state index contributed by atoms with van der Waals surface area (Å²) >= 11 is 0.